The summed E-state index contributed by atoms with van der Waals surface area (Å²) in [7, 11) is 1.33. The van der Waals surface area contributed by atoms with E-state index in [1.807, 2.05) is 24.3 Å². The number of pyridine rings is 1. The van der Waals surface area contributed by atoms with Crippen LogP contribution in [0.2, 0.25) is 10.0 Å². The summed E-state index contributed by atoms with van der Waals surface area (Å²) in [5, 5.41) is 5.32. The van der Waals surface area contributed by atoms with Gasteiger partial charge in [0.15, 0.2) is 0 Å². The minimum Gasteiger partial charge on any atom is -0.489 e. The molecule has 0 aliphatic heterocycles. The van der Waals surface area contributed by atoms with E-state index in [1.165, 1.54) is 13.3 Å². The van der Waals surface area contributed by atoms with Gasteiger partial charge in [-0.15, -0.1) is 0 Å². The van der Waals surface area contributed by atoms with Crippen molar-refractivity contribution in [1.82, 2.24) is 10.1 Å². The van der Waals surface area contributed by atoms with Crippen LogP contribution in [0.25, 0.3) is 11.3 Å². The van der Waals surface area contributed by atoms with Crippen LogP contribution in [-0.4, -0.2) is 23.2 Å². The maximum Gasteiger partial charge on any atom is 0.339 e. The lowest BCUT2D eigenvalue weighted by Crippen LogP contribution is -2.01. The Kier molecular flexibility index (Phi) is 6.95. The standard InChI is InChI=1S/C28H20Cl2N2O4/c1-34-28(33)19-10-12-20(31-15-19)11-5-17-6-13-21(14-7-17)35-16-22-26(32-36-27(22)18-8-9-18)25-23(29)3-2-4-24(25)30/h2-4,6-7,10,12-15,18H,8-9,16H2,1H3. The fourth-order valence-electron chi connectivity index (χ4n) is 3.68. The molecule has 1 aliphatic carbocycles. The molecule has 4 aromatic rings. The van der Waals surface area contributed by atoms with Crippen molar-refractivity contribution in [3.05, 3.63) is 99.0 Å². The molecule has 6 nitrogen and oxygen atoms in total. The van der Waals surface area contributed by atoms with Gasteiger partial charge < -0.3 is 14.0 Å². The van der Waals surface area contributed by atoms with Crippen molar-refractivity contribution in [1.29, 1.82) is 0 Å². The first-order valence-corrected chi connectivity index (χ1v) is 12.0. The first-order valence-electron chi connectivity index (χ1n) is 11.3. The third-order valence-corrected chi connectivity index (χ3v) is 6.35. The summed E-state index contributed by atoms with van der Waals surface area (Å²) in [6.07, 6.45) is 3.56. The van der Waals surface area contributed by atoms with E-state index in [0.717, 1.165) is 29.7 Å². The molecule has 36 heavy (non-hydrogen) atoms. The highest BCUT2D eigenvalue weighted by Crippen LogP contribution is 2.46. The second-order valence-electron chi connectivity index (χ2n) is 8.23. The lowest BCUT2D eigenvalue weighted by Gasteiger charge is -2.09. The topological polar surface area (TPSA) is 74.5 Å². The Morgan fingerprint density at radius 2 is 1.81 bits per heavy atom. The SMILES string of the molecule is COC(=O)c1ccc(C#Cc2ccc(OCc3c(-c4c(Cl)cccc4Cl)noc3C3CC3)cc2)nc1. The van der Waals surface area contributed by atoms with Crippen LogP contribution in [0.1, 0.15) is 51.7 Å². The quantitative estimate of drug-likeness (QED) is 0.209. The lowest BCUT2D eigenvalue weighted by molar-refractivity contribution is 0.0600. The number of hydrogen-bond donors (Lipinski definition) is 0. The summed E-state index contributed by atoms with van der Waals surface area (Å²) in [6.45, 7) is 0.272. The number of hydrogen-bond acceptors (Lipinski definition) is 6. The van der Waals surface area contributed by atoms with E-state index >= 15 is 0 Å². The predicted molar refractivity (Wildman–Crippen MR) is 136 cm³/mol. The van der Waals surface area contributed by atoms with Crippen LogP contribution >= 0.6 is 23.2 Å². The highest BCUT2D eigenvalue weighted by atomic mass is 35.5. The molecule has 5 rings (SSSR count). The molecule has 1 fully saturated rings. The number of carbonyl (C=O) groups excluding carboxylic acids is 1. The number of carbonyl (C=O) groups is 1. The van der Waals surface area contributed by atoms with Gasteiger partial charge in [-0.2, -0.15) is 0 Å². The van der Waals surface area contributed by atoms with Crippen LogP contribution in [0, 0.1) is 11.8 Å². The zero-order chi connectivity index (χ0) is 25.1. The number of methoxy groups -OCH3 is 1. The highest BCUT2D eigenvalue weighted by Gasteiger charge is 2.33. The molecule has 1 saturated carbocycles. The van der Waals surface area contributed by atoms with Gasteiger partial charge in [-0.25, -0.2) is 9.78 Å². The second-order valence-corrected chi connectivity index (χ2v) is 9.05. The van der Waals surface area contributed by atoms with Crippen LogP contribution in [0.5, 0.6) is 5.75 Å². The largest absolute Gasteiger partial charge is 0.489 e. The zero-order valence-electron chi connectivity index (χ0n) is 19.3. The first kappa shape index (κ1) is 23.9. The summed E-state index contributed by atoms with van der Waals surface area (Å²) < 4.78 is 16.5. The van der Waals surface area contributed by atoms with E-state index in [-0.39, 0.29) is 6.61 Å². The van der Waals surface area contributed by atoms with Gasteiger partial charge >= 0.3 is 5.97 Å². The summed E-state index contributed by atoms with van der Waals surface area (Å²) in [6, 6.07) is 16.1. The molecule has 2 aromatic carbocycles. The van der Waals surface area contributed by atoms with Gasteiger partial charge in [-0.3, -0.25) is 0 Å². The van der Waals surface area contributed by atoms with Gasteiger partial charge in [0.1, 0.15) is 29.5 Å². The molecule has 0 N–H and O–H groups in total. The molecule has 0 spiro atoms. The third kappa shape index (κ3) is 5.23. The first-order chi connectivity index (χ1) is 17.5. The monoisotopic (exact) mass is 518 g/mol. The van der Waals surface area contributed by atoms with E-state index in [0.29, 0.717) is 44.2 Å². The van der Waals surface area contributed by atoms with E-state index in [4.69, 9.17) is 32.5 Å². The number of benzene rings is 2. The number of rotatable bonds is 6. The number of aromatic nitrogens is 2. The molecular formula is C28H20Cl2N2O4. The Hall–Kier alpha value is -3.79. The number of esters is 1. The molecule has 8 heteroatoms. The van der Waals surface area contributed by atoms with Crippen molar-refractivity contribution in [3.8, 4) is 28.8 Å². The maximum atomic E-state index is 11.5. The smallest absolute Gasteiger partial charge is 0.339 e. The van der Waals surface area contributed by atoms with Crippen molar-refractivity contribution in [2.75, 3.05) is 7.11 Å². The number of ether oxygens (including phenoxy) is 2. The molecule has 0 bridgehead atoms. The molecule has 0 unspecified atom stereocenters. The Balaban J connectivity index is 1.30. The number of halogens is 2. The van der Waals surface area contributed by atoms with Crippen LogP contribution in [-0.2, 0) is 11.3 Å². The summed E-state index contributed by atoms with van der Waals surface area (Å²) in [5.74, 6) is 7.46. The molecule has 0 atom stereocenters. The van der Waals surface area contributed by atoms with E-state index in [2.05, 4.69) is 26.7 Å². The Labute approximate surface area is 218 Å². The minimum absolute atomic E-state index is 0.272. The molecule has 0 radical (unpaired) electrons. The normalized spacial score (nSPS) is 12.5. The van der Waals surface area contributed by atoms with E-state index in [1.54, 1.807) is 30.3 Å². The fraction of sp³-hybridized carbons (Fsp3) is 0.179. The molecule has 0 saturated heterocycles. The van der Waals surface area contributed by atoms with Crippen LogP contribution in [0.15, 0.2) is 65.3 Å². The zero-order valence-corrected chi connectivity index (χ0v) is 20.8. The van der Waals surface area contributed by atoms with Gasteiger partial charge in [-0.1, -0.05) is 40.3 Å². The van der Waals surface area contributed by atoms with Crippen LogP contribution in [0.4, 0.5) is 0 Å². The summed E-state index contributed by atoms with van der Waals surface area (Å²) >= 11 is 12.9. The number of nitrogens with zero attached hydrogens (tertiary/aromatic N) is 2. The van der Waals surface area contributed by atoms with Gasteiger partial charge in [0.25, 0.3) is 0 Å². The summed E-state index contributed by atoms with van der Waals surface area (Å²) in [5.41, 5.74) is 3.84. The fourth-order valence-corrected chi connectivity index (χ4v) is 4.26. The summed E-state index contributed by atoms with van der Waals surface area (Å²) in [4.78, 5) is 15.7. The molecule has 1 aliphatic rings. The Morgan fingerprint density at radius 1 is 1.06 bits per heavy atom. The third-order valence-electron chi connectivity index (χ3n) is 5.72. The van der Waals surface area contributed by atoms with Gasteiger partial charge in [0, 0.05) is 23.2 Å². The van der Waals surface area contributed by atoms with Crippen molar-refractivity contribution < 1.29 is 18.8 Å². The predicted octanol–water partition coefficient (Wildman–Crippen LogP) is 6.69. The van der Waals surface area contributed by atoms with Crippen molar-refractivity contribution in [3.63, 3.8) is 0 Å². The van der Waals surface area contributed by atoms with Crippen LogP contribution in [0.3, 0.4) is 0 Å². The molecule has 180 valence electrons. The average Bonchev–Trinajstić information content (AvgIpc) is 3.67. The molecule has 2 heterocycles. The second kappa shape index (κ2) is 10.4. The van der Waals surface area contributed by atoms with Gasteiger partial charge in [-0.05, 0) is 67.3 Å². The van der Waals surface area contributed by atoms with Crippen molar-refractivity contribution >= 4 is 29.2 Å². The molecular weight excluding hydrogens is 499 g/mol. The maximum absolute atomic E-state index is 11.5. The lowest BCUT2D eigenvalue weighted by atomic mass is 10.0. The van der Waals surface area contributed by atoms with Gasteiger partial charge in [0.05, 0.1) is 28.3 Å². The average molecular weight is 519 g/mol. The van der Waals surface area contributed by atoms with E-state index in [9.17, 15) is 4.79 Å². The van der Waals surface area contributed by atoms with Crippen molar-refractivity contribution in [2.45, 2.75) is 25.4 Å². The molecule has 2 aromatic heterocycles. The highest BCUT2D eigenvalue weighted by molar-refractivity contribution is 6.39. The van der Waals surface area contributed by atoms with E-state index < -0.39 is 5.97 Å². The minimum atomic E-state index is -0.435. The van der Waals surface area contributed by atoms with Gasteiger partial charge in [0.2, 0.25) is 0 Å². The Morgan fingerprint density at radius 3 is 2.44 bits per heavy atom. The van der Waals surface area contributed by atoms with Crippen LogP contribution < -0.4 is 4.74 Å². The molecule has 0 amide bonds. The Bertz CT molecular complexity index is 1440. The van der Waals surface area contributed by atoms with Crippen molar-refractivity contribution in [2.24, 2.45) is 0 Å².